The Balaban J connectivity index is 1.52. The number of rotatable bonds is 4. The second-order valence-corrected chi connectivity index (χ2v) is 6.40. The molecule has 1 saturated heterocycles. The molecule has 1 N–H and O–H groups in total. The van der Waals surface area contributed by atoms with Crippen LogP contribution in [-0.2, 0) is 0 Å². The van der Waals surface area contributed by atoms with Crippen molar-refractivity contribution in [3.63, 3.8) is 0 Å². The van der Waals surface area contributed by atoms with Gasteiger partial charge in [0.2, 0.25) is 0 Å². The van der Waals surface area contributed by atoms with Gasteiger partial charge in [-0.2, -0.15) is 0 Å². The van der Waals surface area contributed by atoms with Gasteiger partial charge >= 0.3 is 0 Å². The molecule has 22 heavy (non-hydrogen) atoms. The molecule has 0 aliphatic carbocycles. The Kier molecular flexibility index (Phi) is 4.62. The number of carbonyl (C=O) groups is 1. The van der Waals surface area contributed by atoms with E-state index in [-0.39, 0.29) is 5.91 Å². The molecular weight excluding hydrogens is 298 g/mol. The summed E-state index contributed by atoms with van der Waals surface area (Å²) in [6.45, 7) is 4.49. The van der Waals surface area contributed by atoms with Gasteiger partial charge in [-0.15, -0.1) is 11.3 Å². The van der Waals surface area contributed by atoms with Gasteiger partial charge in [-0.05, 0) is 25.7 Å². The Morgan fingerprint density at radius 1 is 1.41 bits per heavy atom. The van der Waals surface area contributed by atoms with Crippen molar-refractivity contribution in [2.24, 2.45) is 5.92 Å². The van der Waals surface area contributed by atoms with Gasteiger partial charge in [-0.3, -0.25) is 9.78 Å². The molecule has 7 heteroatoms. The third kappa shape index (κ3) is 3.59. The number of hydrogen-bond donors (Lipinski definition) is 1. The zero-order valence-corrected chi connectivity index (χ0v) is 13.3. The Labute approximate surface area is 133 Å². The average Bonchev–Trinajstić information content (AvgIpc) is 3.08. The Bertz CT molecular complexity index is 613. The number of piperidine rings is 1. The molecule has 3 rings (SSSR count). The monoisotopic (exact) mass is 317 g/mol. The number of aromatic nitrogens is 3. The standard InChI is InChI=1S/C15H19N5OS/c1-11-7-18-13(9-17-11)14(21)19-8-12-3-2-5-20(10-12)15-16-4-6-22-15/h4,6-7,9,12H,2-3,5,8,10H2,1H3,(H,19,21). The van der Waals surface area contributed by atoms with E-state index < -0.39 is 0 Å². The number of amides is 1. The van der Waals surface area contributed by atoms with Crippen molar-refractivity contribution >= 4 is 22.4 Å². The van der Waals surface area contributed by atoms with Gasteiger partial charge in [0.1, 0.15) is 5.69 Å². The molecule has 0 bridgehead atoms. The van der Waals surface area contributed by atoms with Crippen LogP contribution in [-0.4, -0.2) is 40.5 Å². The normalized spacial score (nSPS) is 18.2. The van der Waals surface area contributed by atoms with E-state index in [0.29, 0.717) is 18.2 Å². The van der Waals surface area contributed by atoms with E-state index in [4.69, 9.17) is 0 Å². The maximum Gasteiger partial charge on any atom is 0.271 e. The summed E-state index contributed by atoms with van der Waals surface area (Å²) in [5.74, 6) is 0.291. The number of nitrogens with zero attached hydrogens (tertiary/aromatic N) is 4. The van der Waals surface area contributed by atoms with Crippen LogP contribution in [0, 0.1) is 12.8 Å². The lowest BCUT2D eigenvalue weighted by Crippen LogP contribution is -2.41. The third-order valence-corrected chi connectivity index (χ3v) is 4.61. The summed E-state index contributed by atoms with van der Waals surface area (Å²) in [6.07, 6.45) is 7.22. The molecule has 1 aliphatic rings. The van der Waals surface area contributed by atoms with E-state index in [2.05, 4.69) is 25.2 Å². The van der Waals surface area contributed by atoms with Crippen LogP contribution in [0.4, 0.5) is 5.13 Å². The minimum atomic E-state index is -0.154. The quantitative estimate of drug-likeness (QED) is 0.932. The lowest BCUT2D eigenvalue weighted by atomic mass is 9.98. The van der Waals surface area contributed by atoms with E-state index in [1.54, 1.807) is 17.5 Å². The molecule has 0 saturated carbocycles. The molecule has 0 radical (unpaired) electrons. The van der Waals surface area contributed by atoms with Crippen LogP contribution in [0.1, 0.15) is 29.0 Å². The third-order valence-electron chi connectivity index (χ3n) is 3.77. The number of hydrogen-bond acceptors (Lipinski definition) is 6. The first-order chi connectivity index (χ1) is 10.7. The number of thiazole rings is 1. The maximum atomic E-state index is 12.1. The Morgan fingerprint density at radius 3 is 3.05 bits per heavy atom. The SMILES string of the molecule is Cc1cnc(C(=O)NCC2CCCN(c3nccs3)C2)cn1. The van der Waals surface area contributed by atoms with Gasteiger partial charge in [0.25, 0.3) is 5.91 Å². The van der Waals surface area contributed by atoms with Crippen molar-refractivity contribution in [1.29, 1.82) is 0 Å². The molecule has 0 aromatic carbocycles. The highest BCUT2D eigenvalue weighted by molar-refractivity contribution is 7.13. The molecule has 1 unspecified atom stereocenters. The van der Waals surface area contributed by atoms with Gasteiger partial charge in [0.05, 0.1) is 11.9 Å². The largest absolute Gasteiger partial charge is 0.350 e. The van der Waals surface area contributed by atoms with Gasteiger partial charge in [0.15, 0.2) is 5.13 Å². The smallest absolute Gasteiger partial charge is 0.271 e. The fraction of sp³-hybridized carbons (Fsp3) is 0.467. The van der Waals surface area contributed by atoms with Crippen molar-refractivity contribution in [3.05, 3.63) is 35.4 Å². The first-order valence-electron chi connectivity index (χ1n) is 7.43. The molecule has 1 fully saturated rings. The summed E-state index contributed by atoms with van der Waals surface area (Å²) in [7, 11) is 0. The Hall–Kier alpha value is -2.02. The topological polar surface area (TPSA) is 71.0 Å². The molecule has 1 amide bonds. The molecule has 116 valence electrons. The van der Waals surface area contributed by atoms with E-state index >= 15 is 0 Å². The fourth-order valence-electron chi connectivity index (χ4n) is 2.61. The second kappa shape index (κ2) is 6.83. The Morgan fingerprint density at radius 2 is 2.32 bits per heavy atom. The van der Waals surface area contributed by atoms with Gasteiger partial charge in [-0.1, -0.05) is 0 Å². The van der Waals surface area contributed by atoms with Crippen molar-refractivity contribution < 1.29 is 4.79 Å². The highest BCUT2D eigenvalue weighted by Crippen LogP contribution is 2.24. The second-order valence-electron chi connectivity index (χ2n) is 5.52. The lowest BCUT2D eigenvalue weighted by Gasteiger charge is -2.32. The van der Waals surface area contributed by atoms with Crippen LogP contribution >= 0.6 is 11.3 Å². The maximum absolute atomic E-state index is 12.1. The molecule has 1 atom stereocenters. The van der Waals surface area contributed by atoms with Gasteiger partial charge in [0, 0.05) is 37.4 Å². The van der Waals surface area contributed by atoms with Crippen molar-refractivity contribution in [1.82, 2.24) is 20.3 Å². The molecule has 2 aromatic rings. The zero-order chi connectivity index (χ0) is 15.4. The van der Waals surface area contributed by atoms with Gasteiger partial charge in [-0.25, -0.2) is 9.97 Å². The van der Waals surface area contributed by atoms with Crippen LogP contribution in [0.3, 0.4) is 0 Å². The summed E-state index contributed by atoms with van der Waals surface area (Å²) in [5.41, 5.74) is 1.18. The highest BCUT2D eigenvalue weighted by atomic mass is 32.1. The van der Waals surface area contributed by atoms with Crippen LogP contribution < -0.4 is 10.2 Å². The fourth-order valence-corrected chi connectivity index (χ4v) is 3.29. The minimum absolute atomic E-state index is 0.154. The highest BCUT2D eigenvalue weighted by Gasteiger charge is 2.22. The van der Waals surface area contributed by atoms with E-state index in [9.17, 15) is 4.79 Å². The molecule has 2 aromatic heterocycles. The number of carbonyl (C=O) groups excluding carboxylic acids is 1. The first-order valence-corrected chi connectivity index (χ1v) is 8.31. The lowest BCUT2D eigenvalue weighted by molar-refractivity contribution is 0.0940. The van der Waals surface area contributed by atoms with Gasteiger partial charge < -0.3 is 10.2 Å². The van der Waals surface area contributed by atoms with Crippen molar-refractivity contribution in [3.8, 4) is 0 Å². The van der Waals surface area contributed by atoms with E-state index in [1.807, 2.05) is 18.5 Å². The number of anilines is 1. The van der Waals surface area contributed by atoms with Crippen LogP contribution in [0.5, 0.6) is 0 Å². The summed E-state index contributed by atoms with van der Waals surface area (Å²) in [4.78, 5) is 26.9. The first kappa shape index (κ1) is 14.9. The summed E-state index contributed by atoms with van der Waals surface area (Å²) < 4.78 is 0. The summed E-state index contributed by atoms with van der Waals surface area (Å²) in [6, 6.07) is 0. The predicted octanol–water partition coefficient (Wildman–Crippen LogP) is 1.89. The minimum Gasteiger partial charge on any atom is -0.350 e. The average molecular weight is 317 g/mol. The molecule has 1 aliphatic heterocycles. The predicted molar refractivity (Wildman–Crippen MR) is 86.2 cm³/mol. The van der Waals surface area contributed by atoms with Crippen molar-refractivity contribution in [2.75, 3.05) is 24.5 Å². The van der Waals surface area contributed by atoms with Crippen LogP contribution in [0.15, 0.2) is 24.0 Å². The zero-order valence-electron chi connectivity index (χ0n) is 12.5. The molecule has 0 spiro atoms. The number of aryl methyl sites for hydroxylation is 1. The molecule has 3 heterocycles. The summed E-state index contributed by atoms with van der Waals surface area (Å²) >= 11 is 1.66. The number of nitrogens with one attached hydrogen (secondary N) is 1. The van der Waals surface area contributed by atoms with E-state index in [0.717, 1.165) is 36.8 Å². The molecule has 6 nitrogen and oxygen atoms in total. The van der Waals surface area contributed by atoms with E-state index in [1.165, 1.54) is 6.20 Å². The van der Waals surface area contributed by atoms with Crippen LogP contribution in [0.2, 0.25) is 0 Å². The molecular formula is C15H19N5OS. The van der Waals surface area contributed by atoms with Crippen LogP contribution in [0.25, 0.3) is 0 Å². The summed E-state index contributed by atoms with van der Waals surface area (Å²) in [5, 5.41) is 6.04. The van der Waals surface area contributed by atoms with Crippen molar-refractivity contribution in [2.45, 2.75) is 19.8 Å².